The zero-order valence-corrected chi connectivity index (χ0v) is 28.9. The van der Waals surface area contributed by atoms with Crippen LogP contribution in [0.3, 0.4) is 0 Å². The third-order valence-electron chi connectivity index (χ3n) is 8.89. The van der Waals surface area contributed by atoms with Gasteiger partial charge in [0.25, 0.3) is 0 Å². The number of hydrogen-bond acceptors (Lipinski definition) is 6. The maximum atomic E-state index is 10.2. The maximum Gasteiger partial charge on any atom is 0.167 e. The minimum absolute atomic E-state index is 0.217. The van der Waals surface area contributed by atoms with Crippen LogP contribution in [0.4, 0.5) is 0 Å². The minimum Gasteiger partial charge on any atom is -0.456 e. The molecule has 0 aliphatic heterocycles. The molecule has 6 heteroatoms. The van der Waals surface area contributed by atoms with Crippen LogP contribution in [0, 0.1) is 0 Å². The fraction of sp³-hybridized carbons (Fsp3) is 0. The summed E-state index contributed by atoms with van der Waals surface area (Å²) >= 11 is 0.590. The van der Waals surface area contributed by atoms with E-state index in [1.165, 1.54) is 0 Å². The first-order chi connectivity index (χ1) is 40.3. The molecular weight excluding hydrogens is 719 g/mol. The first kappa shape index (κ1) is 14.6. The van der Waals surface area contributed by atoms with Gasteiger partial charge >= 0.3 is 0 Å². The largest absolute Gasteiger partial charge is 0.456 e. The van der Waals surface area contributed by atoms with E-state index in [-0.39, 0.29) is 20.2 Å². The van der Waals surface area contributed by atoms with E-state index in [2.05, 4.69) is 15.0 Å². The molecule has 266 valence electrons. The highest BCUT2D eigenvalue weighted by molar-refractivity contribution is 7.26. The Morgan fingerprint density at radius 3 is 1.82 bits per heavy atom. The molecule has 8 aromatic carbocycles. The lowest BCUT2D eigenvalue weighted by Crippen LogP contribution is -2.00. The van der Waals surface area contributed by atoms with Crippen LogP contribution in [0.25, 0.3) is 120 Å². The SMILES string of the molecule is [2H]c1c([2H])c([2H])c(-c2nc(-c3c([2H])c([2H])c([2H])c([2H])c3[2H])nc(-c3c([2H])c([2H])c([2H])c4c3oc3c([2H])c(-c5c([2H])c(-c6c([2H])c([2H])c([2H])c7oc8c([2H])c([2H])c([2H])c([2H])c8c67)c([2H])c6sc7c([2H])c([2H])c([2H])c([2H])c7c56)c([2H])c([2H])c34)n2)c([2H])c1[2H]. The summed E-state index contributed by atoms with van der Waals surface area (Å²) < 4.78 is 271. The number of aromatic nitrogens is 3. The second kappa shape index (κ2) is 12.6. The van der Waals surface area contributed by atoms with Crippen molar-refractivity contribution in [3.05, 3.63) is 175 Å². The molecule has 0 unspecified atom stereocenters. The molecule has 0 bridgehead atoms. The molecular formula is C51H29N3O2S. The van der Waals surface area contributed by atoms with Crippen molar-refractivity contribution in [2.24, 2.45) is 0 Å². The molecule has 12 rings (SSSR count). The Morgan fingerprint density at radius 2 is 1.02 bits per heavy atom. The summed E-state index contributed by atoms with van der Waals surface area (Å²) in [7, 11) is 0. The average molecular weight is 777 g/mol. The summed E-state index contributed by atoms with van der Waals surface area (Å²) in [6, 6.07) is -24.4. The van der Waals surface area contributed by atoms with Gasteiger partial charge < -0.3 is 8.83 Å². The van der Waals surface area contributed by atoms with Crippen molar-refractivity contribution >= 4 is 75.4 Å². The van der Waals surface area contributed by atoms with Gasteiger partial charge in [-0.2, -0.15) is 0 Å². The maximum absolute atomic E-state index is 10.2. The number of rotatable bonds is 5. The highest BCUT2D eigenvalue weighted by Gasteiger charge is 2.21. The van der Waals surface area contributed by atoms with Crippen molar-refractivity contribution in [3.8, 4) is 56.4 Å². The predicted octanol–water partition coefficient (Wildman–Crippen LogP) is 14.4. The van der Waals surface area contributed by atoms with Crippen molar-refractivity contribution < 1.29 is 48.6 Å². The zero-order valence-electron chi connectivity index (χ0n) is 57.1. The second-order valence-electron chi connectivity index (χ2n) is 12.1. The Kier molecular flexibility index (Phi) is 3.22. The molecule has 0 fully saturated rings. The number of furan rings is 2. The van der Waals surface area contributed by atoms with Crippen molar-refractivity contribution in [1.29, 1.82) is 0 Å². The summed E-state index contributed by atoms with van der Waals surface area (Å²) in [6.07, 6.45) is 0. The Morgan fingerprint density at radius 1 is 0.368 bits per heavy atom. The Hall–Kier alpha value is -7.41. The molecule has 5 nitrogen and oxygen atoms in total. The number of hydrogen-bond donors (Lipinski definition) is 0. The van der Waals surface area contributed by atoms with E-state index < -0.39 is 276 Å². The molecule has 0 atom stereocenters. The van der Waals surface area contributed by atoms with Crippen LogP contribution < -0.4 is 0 Å². The van der Waals surface area contributed by atoms with Crippen LogP contribution in [0.5, 0.6) is 0 Å². The van der Waals surface area contributed by atoms with Crippen molar-refractivity contribution in [1.82, 2.24) is 15.0 Å². The third kappa shape index (κ3) is 5.12. The number of nitrogens with zero attached hydrogens (tertiary/aromatic N) is 3. The first-order valence-electron chi connectivity index (χ1n) is 31.1. The Labute approximate surface area is 370 Å². The molecule has 0 aliphatic carbocycles. The monoisotopic (exact) mass is 776 g/mol. The van der Waals surface area contributed by atoms with Gasteiger partial charge in [0, 0.05) is 52.8 Å². The Balaban J connectivity index is 1.25. The molecule has 4 heterocycles. The van der Waals surface area contributed by atoms with E-state index in [4.69, 9.17) is 36.2 Å². The van der Waals surface area contributed by atoms with Crippen LogP contribution in [0.15, 0.2) is 184 Å². The lowest BCUT2D eigenvalue weighted by atomic mass is 9.92. The highest BCUT2D eigenvalue weighted by Crippen LogP contribution is 2.46. The van der Waals surface area contributed by atoms with Gasteiger partial charge in [0.05, 0.1) is 45.3 Å². The summed E-state index contributed by atoms with van der Waals surface area (Å²) in [4.78, 5) is 13.0. The van der Waals surface area contributed by atoms with Crippen LogP contribution in [0.2, 0.25) is 0 Å². The van der Waals surface area contributed by atoms with Crippen molar-refractivity contribution in [2.45, 2.75) is 0 Å². The number of fused-ring (bicyclic) bond motifs is 9. The average Bonchev–Trinajstić information content (AvgIpc) is 1.72. The van der Waals surface area contributed by atoms with Gasteiger partial charge in [0.15, 0.2) is 17.5 Å². The van der Waals surface area contributed by atoms with E-state index in [9.17, 15) is 12.3 Å². The number of thiophene rings is 1. The summed E-state index contributed by atoms with van der Waals surface area (Å²) in [6.45, 7) is 0. The fourth-order valence-electron chi connectivity index (χ4n) is 6.47. The van der Waals surface area contributed by atoms with Crippen LogP contribution >= 0.6 is 11.3 Å². The topological polar surface area (TPSA) is 65.0 Å². The van der Waals surface area contributed by atoms with Crippen LogP contribution in [-0.2, 0) is 0 Å². The molecule has 0 saturated carbocycles. The molecule has 0 spiro atoms. The molecule has 12 aromatic rings. The summed E-state index contributed by atoms with van der Waals surface area (Å²) in [5.41, 5.74) is -7.29. The molecule has 57 heavy (non-hydrogen) atoms. The fourth-order valence-corrected chi connectivity index (χ4v) is 7.49. The van der Waals surface area contributed by atoms with E-state index >= 15 is 0 Å². The molecule has 0 saturated heterocycles. The van der Waals surface area contributed by atoms with E-state index in [0.29, 0.717) is 11.3 Å². The van der Waals surface area contributed by atoms with Gasteiger partial charge in [0.2, 0.25) is 0 Å². The van der Waals surface area contributed by atoms with Crippen LogP contribution in [-0.4, -0.2) is 15.0 Å². The van der Waals surface area contributed by atoms with Gasteiger partial charge in [-0.3, -0.25) is 0 Å². The molecule has 4 aromatic heterocycles. The number of para-hydroxylation sites is 2. The van der Waals surface area contributed by atoms with Gasteiger partial charge in [-0.25, -0.2) is 15.0 Å². The van der Waals surface area contributed by atoms with Gasteiger partial charge in [-0.1, -0.05) is 127 Å². The smallest absolute Gasteiger partial charge is 0.167 e. The molecule has 0 N–H and O–H groups in total. The Bertz CT molecular complexity index is 5100. The normalized spacial score (nSPS) is 19.0. The third-order valence-corrected chi connectivity index (χ3v) is 9.91. The lowest BCUT2D eigenvalue weighted by molar-refractivity contribution is 0.669. The molecule has 0 aliphatic rings. The van der Waals surface area contributed by atoms with Crippen LogP contribution in [0.1, 0.15) is 39.8 Å². The minimum atomic E-state index is -0.972. The van der Waals surface area contributed by atoms with Gasteiger partial charge in [-0.15, -0.1) is 11.3 Å². The van der Waals surface area contributed by atoms with E-state index in [1.54, 1.807) is 0 Å². The quantitative estimate of drug-likeness (QED) is 0.174. The lowest BCUT2D eigenvalue weighted by Gasteiger charge is -2.11. The standard InChI is InChI=1S/C51H29N3O2S/c1-3-13-30(14-4-1)49-52-50(31-15-5-2-6-16-31)54-51(53-49)39-21-11-20-36-35-26-25-32(28-43(35)56-48(36)39)40-27-33(29-45-47(40)38-18-8-10-24-44(38)57-45)34-19-12-23-42-46(34)37-17-7-9-22-41(37)55-42/h1-29H/i1D,2D,3D,4D,5D,6D,7D,8D,9D,10D,11D,12D,13D,14D,15D,16D,17D,18D,19D,20D,21D,22D,23D,24D,25D,26D,27D,28D,29D. The first-order valence-corrected chi connectivity index (χ1v) is 17.4. The summed E-state index contributed by atoms with van der Waals surface area (Å²) in [5, 5.41) is -2.70. The predicted molar refractivity (Wildman–Crippen MR) is 234 cm³/mol. The summed E-state index contributed by atoms with van der Waals surface area (Å²) in [5.74, 6) is -2.42. The van der Waals surface area contributed by atoms with E-state index in [0.717, 1.165) is 0 Å². The van der Waals surface area contributed by atoms with Crippen molar-refractivity contribution in [3.63, 3.8) is 0 Å². The number of benzene rings is 8. The molecule has 0 radical (unpaired) electrons. The second-order valence-corrected chi connectivity index (χ2v) is 13.1. The van der Waals surface area contributed by atoms with Crippen molar-refractivity contribution in [2.75, 3.05) is 0 Å². The highest BCUT2D eigenvalue weighted by atomic mass is 32.1. The zero-order chi connectivity index (χ0) is 62.7. The van der Waals surface area contributed by atoms with Gasteiger partial charge in [0.1, 0.15) is 22.3 Å². The van der Waals surface area contributed by atoms with Gasteiger partial charge in [-0.05, 0) is 70.6 Å². The van der Waals surface area contributed by atoms with E-state index in [1.807, 2.05) is 0 Å². The molecule has 0 amide bonds.